The van der Waals surface area contributed by atoms with E-state index in [0.29, 0.717) is 22.1 Å². The molecule has 1 aliphatic rings. The van der Waals surface area contributed by atoms with Gasteiger partial charge < -0.3 is 4.74 Å². The van der Waals surface area contributed by atoms with Gasteiger partial charge in [0.1, 0.15) is 5.75 Å². The van der Waals surface area contributed by atoms with Gasteiger partial charge in [-0.3, -0.25) is 19.9 Å². The average molecular weight is 406 g/mol. The first-order chi connectivity index (χ1) is 12.9. The normalized spacial score (nSPS) is 17.4. The maximum absolute atomic E-state index is 12.7. The Kier molecular flexibility index (Phi) is 5.43. The Morgan fingerprint density at radius 1 is 1.11 bits per heavy atom. The number of anilines is 1. The van der Waals surface area contributed by atoms with Crippen LogP contribution in [0.4, 0.5) is 16.2 Å². The highest BCUT2D eigenvalue weighted by atomic mass is 35.5. The summed E-state index contributed by atoms with van der Waals surface area (Å²) in [7, 11) is 1.50. The molecule has 27 heavy (non-hydrogen) atoms. The summed E-state index contributed by atoms with van der Waals surface area (Å²) in [4.78, 5) is 42.0. The molecule has 2 aromatic rings. The Labute approximate surface area is 164 Å². The second kappa shape index (κ2) is 7.77. The van der Waals surface area contributed by atoms with Crippen LogP contribution in [0.1, 0.15) is 0 Å². The summed E-state index contributed by atoms with van der Waals surface area (Å²) in [5.41, 5.74) is 0.642. The number of nitrogens with one attached hydrogen (secondary N) is 1. The molecular weight excluding hydrogens is 393 g/mol. The fourth-order valence-electron chi connectivity index (χ4n) is 2.44. The van der Waals surface area contributed by atoms with Crippen LogP contribution in [0, 0.1) is 5.92 Å². The van der Waals surface area contributed by atoms with Crippen molar-refractivity contribution in [2.24, 2.45) is 10.9 Å². The largest absolute Gasteiger partial charge is 0.497 e. The van der Waals surface area contributed by atoms with Gasteiger partial charge in [-0.1, -0.05) is 23.2 Å². The molecule has 0 spiro atoms. The highest BCUT2D eigenvalue weighted by molar-refractivity contribution is 6.36. The van der Waals surface area contributed by atoms with Crippen molar-refractivity contribution in [3.05, 3.63) is 52.5 Å². The molecule has 7 nitrogen and oxygen atoms in total. The van der Waals surface area contributed by atoms with Crippen LogP contribution in [0.3, 0.4) is 0 Å². The van der Waals surface area contributed by atoms with Gasteiger partial charge in [-0.25, -0.2) is 9.69 Å². The molecule has 1 heterocycles. The van der Waals surface area contributed by atoms with E-state index in [1.807, 2.05) is 0 Å². The van der Waals surface area contributed by atoms with E-state index < -0.39 is 23.8 Å². The predicted octanol–water partition coefficient (Wildman–Crippen LogP) is 3.60. The zero-order chi connectivity index (χ0) is 19.6. The summed E-state index contributed by atoms with van der Waals surface area (Å²) >= 11 is 11.9. The molecule has 1 saturated heterocycles. The van der Waals surface area contributed by atoms with E-state index in [9.17, 15) is 14.4 Å². The van der Waals surface area contributed by atoms with E-state index in [0.717, 1.165) is 11.1 Å². The number of amides is 4. The Balaban J connectivity index is 1.88. The van der Waals surface area contributed by atoms with Gasteiger partial charge in [-0.2, -0.15) is 0 Å². The number of carbonyl (C=O) groups is 3. The number of carbonyl (C=O) groups excluding carboxylic acids is 3. The lowest BCUT2D eigenvalue weighted by Crippen LogP contribution is -2.58. The van der Waals surface area contributed by atoms with E-state index in [1.165, 1.54) is 25.3 Å². The predicted molar refractivity (Wildman–Crippen MR) is 102 cm³/mol. The van der Waals surface area contributed by atoms with Gasteiger partial charge in [0.25, 0.3) is 5.91 Å². The van der Waals surface area contributed by atoms with Crippen LogP contribution in [-0.4, -0.2) is 31.2 Å². The maximum Gasteiger partial charge on any atom is 0.335 e. The maximum atomic E-state index is 12.7. The number of ether oxygens (including phenoxy) is 1. The number of barbiturate groups is 1. The van der Waals surface area contributed by atoms with Crippen molar-refractivity contribution in [2.75, 3.05) is 12.0 Å². The van der Waals surface area contributed by atoms with Crippen LogP contribution in [0.15, 0.2) is 47.5 Å². The molecule has 0 radical (unpaired) electrons. The minimum atomic E-state index is -1.28. The van der Waals surface area contributed by atoms with Gasteiger partial charge in [0.2, 0.25) is 5.91 Å². The molecule has 1 atom stereocenters. The third-order valence-electron chi connectivity index (χ3n) is 3.81. The molecule has 1 fully saturated rings. The first-order valence-electron chi connectivity index (χ1n) is 7.73. The Hall–Kier alpha value is -2.90. The van der Waals surface area contributed by atoms with E-state index in [2.05, 4.69) is 10.3 Å². The molecule has 1 aliphatic heterocycles. The van der Waals surface area contributed by atoms with E-state index >= 15 is 0 Å². The van der Waals surface area contributed by atoms with Crippen LogP contribution in [0.2, 0.25) is 10.0 Å². The minimum Gasteiger partial charge on any atom is -0.497 e. The van der Waals surface area contributed by atoms with E-state index in [4.69, 9.17) is 27.9 Å². The highest BCUT2D eigenvalue weighted by Crippen LogP contribution is 2.28. The van der Waals surface area contributed by atoms with Crippen LogP contribution >= 0.6 is 23.2 Å². The van der Waals surface area contributed by atoms with Crippen molar-refractivity contribution in [2.45, 2.75) is 0 Å². The zero-order valence-electron chi connectivity index (χ0n) is 14.0. The fourth-order valence-corrected chi connectivity index (χ4v) is 2.90. The smallest absolute Gasteiger partial charge is 0.335 e. The lowest BCUT2D eigenvalue weighted by molar-refractivity contribution is -0.131. The second-order valence-corrected chi connectivity index (χ2v) is 6.36. The number of urea groups is 1. The summed E-state index contributed by atoms with van der Waals surface area (Å²) in [6.07, 6.45) is 1.15. The summed E-state index contributed by atoms with van der Waals surface area (Å²) in [5, 5.41) is 2.85. The molecule has 0 bridgehead atoms. The third kappa shape index (κ3) is 3.94. The van der Waals surface area contributed by atoms with Gasteiger partial charge in [-0.05, 0) is 42.5 Å². The fraction of sp³-hybridized carbons (Fsp3) is 0.111. The number of nitrogens with zero attached hydrogens (tertiary/aromatic N) is 2. The van der Waals surface area contributed by atoms with Gasteiger partial charge >= 0.3 is 6.03 Å². The Morgan fingerprint density at radius 3 is 2.44 bits per heavy atom. The number of benzene rings is 2. The summed E-state index contributed by atoms with van der Waals surface area (Å²) in [5.74, 6) is -2.20. The van der Waals surface area contributed by atoms with Crippen LogP contribution < -0.4 is 15.0 Å². The zero-order valence-corrected chi connectivity index (χ0v) is 15.5. The van der Waals surface area contributed by atoms with Crippen molar-refractivity contribution >= 4 is 58.6 Å². The SMILES string of the molecule is COc1ccc(N2C(=O)NC(=O)[C@@H](C=Nc3ccc(Cl)cc3Cl)C2=O)cc1. The molecule has 0 aliphatic carbocycles. The Bertz CT molecular complexity index is 944. The Morgan fingerprint density at radius 2 is 1.81 bits per heavy atom. The molecular formula is C18H13Cl2N3O4. The molecule has 1 N–H and O–H groups in total. The number of hydrogen-bond acceptors (Lipinski definition) is 5. The van der Waals surface area contributed by atoms with Crippen molar-refractivity contribution in [3.63, 3.8) is 0 Å². The average Bonchev–Trinajstić information content (AvgIpc) is 2.63. The number of aliphatic imine (C=N–C) groups is 1. The van der Waals surface area contributed by atoms with E-state index in [1.54, 1.807) is 24.3 Å². The molecule has 3 rings (SSSR count). The summed E-state index contributed by atoms with van der Waals surface area (Å²) in [6.45, 7) is 0. The second-order valence-electron chi connectivity index (χ2n) is 5.52. The number of hydrogen-bond donors (Lipinski definition) is 1. The molecule has 9 heteroatoms. The number of imide groups is 2. The molecule has 4 amide bonds. The minimum absolute atomic E-state index is 0.269. The highest BCUT2D eigenvalue weighted by Gasteiger charge is 2.40. The van der Waals surface area contributed by atoms with Crippen molar-refractivity contribution in [1.82, 2.24) is 5.32 Å². The number of halogens is 2. The van der Waals surface area contributed by atoms with Crippen molar-refractivity contribution in [1.29, 1.82) is 0 Å². The first kappa shape index (κ1) is 18.9. The quantitative estimate of drug-likeness (QED) is 0.621. The summed E-state index contributed by atoms with van der Waals surface area (Å²) < 4.78 is 5.05. The topological polar surface area (TPSA) is 88.1 Å². The molecule has 138 valence electrons. The van der Waals surface area contributed by atoms with Crippen molar-refractivity contribution in [3.8, 4) is 5.75 Å². The third-order valence-corrected chi connectivity index (χ3v) is 4.34. The van der Waals surface area contributed by atoms with Crippen LogP contribution in [0.25, 0.3) is 0 Å². The summed E-state index contributed by atoms with van der Waals surface area (Å²) in [6, 6.07) is 10.1. The molecule has 0 saturated carbocycles. The lowest BCUT2D eigenvalue weighted by atomic mass is 10.1. The van der Waals surface area contributed by atoms with Crippen LogP contribution in [-0.2, 0) is 9.59 Å². The van der Waals surface area contributed by atoms with Crippen molar-refractivity contribution < 1.29 is 19.1 Å². The number of rotatable bonds is 4. The van der Waals surface area contributed by atoms with Gasteiger partial charge in [-0.15, -0.1) is 0 Å². The molecule has 2 aromatic carbocycles. The molecule has 0 unspecified atom stereocenters. The first-order valence-corrected chi connectivity index (χ1v) is 8.48. The number of methoxy groups -OCH3 is 1. The standard InChI is InChI=1S/C18H13Cl2N3O4/c1-27-12-5-3-11(4-6-12)23-17(25)13(16(24)22-18(23)26)9-21-15-7-2-10(19)8-14(15)20/h2-9,13H,1H3,(H,22,24,26)/t13-/m1/s1. The lowest BCUT2D eigenvalue weighted by Gasteiger charge is -2.28. The van der Waals surface area contributed by atoms with Crippen LogP contribution in [0.5, 0.6) is 5.75 Å². The van der Waals surface area contributed by atoms with E-state index in [-0.39, 0.29) is 5.02 Å². The monoisotopic (exact) mass is 405 g/mol. The van der Waals surface area contributed by atoms with Gasteiger partial charge in [0, 0.05) is 11.2 Å². The van der Waals surface area contributed by atoms with Gasteiger partial charge in [0.05, 0.1) is 23.5 Å². The van der Waals surface area contributed by atoms with Gasteiger partial charge in [0.15, 0.2) is 5.92 Å². The molecule has 0 aromatic heterocycles.